The fourth-order valence-corrected chi connectivity index (χ4v) is 2.56. The molecule has 0 spiro atoms. The van der Waals surface area contributed by atoms with Crippen LogP contribution in [0, 0.1) is 5.92 Å². The molecular weight excluding hydrogens is 224 g/mol. The molecule has 18 heavy (non-hydrogen) atoms. The van der Waals surface area contributed by atoms with Crippen LogP contribution in [0.25, 0.3) is 0 Å². The Labute approximate surface area is 110 Å². The quantitative estimate of drug-likeness (QED) is 0.839. The van der Waals surface area contributed by atoms with Gasteiger partial charge in [-0.15, -0.1) is 0 Å². The van der Waals surface area contributed by atoms with Gasteiger partial charge < -0.3 is 15.4 Å². The summed E-state index contributed by atoms with van der Waals surface area (Å²) in [5, 5.41) is 7.04. The molecule has 1 fully saturated rings. The predicted molar refractivity (Wildman–Crippen MR) is 75.0 cm³/mol. The molecule has 1 aromatic rings. The molecule has 1 unspecified atom stereocenters. The van der Waals surface area contributed by atoms with Crippen LogP contribution >= 0.6 is 0 Å². The van der Waals surface area contributed by atoms with E-state index in [4.69, 9.17) is 4.74 Å². The van der Waals surface area contributed by atoms with Gasteiger partial charge in [0, 0.05) is 11.6 Å². The van der Waals surface area contributed by atoms with Gasteiger partial charge >= 0.3 is 0 Å². The summed E-state index contributed by atoms with van der Waals surface area (Å²) in [6.45, 7) is 5.63. The highest BCUT2D eigenvalue weighted by Gasteiger charge is 2.15. The van der Waals surface area contributed by atoms with Gasteiger partial charge in [-0.05, 0) is 51.4 Å². The normalized spacial score (nSPS) is 18.6. The molecule has 0 radical (unpaired) electrons. The van der Waals surface area contributed by atoms with Gasteiger partial charge in [0.05, 0.1) is 7.11 Å². The molecule has 0 bridgehead atoms. The van der Waals surface area contributed by atoms with E-state index in [1.54, 1.807) is 7.11 Å². The second kappa shape index (κ2) is 6.76. The van der Waals surface area contributed by atoms with Crippen LogP contribution in [0.5, 0.6) is 5.75 Å². The number of para-hydroxylation sites is 1. The number of ether oxygens (including phenoxy) is 1. The first-order valence-electron chi connectivity index (χ1n) is 6.88. The van der Waals surface area contributed by atoms with Crippen LogP contribution < -0.4 is 15.4 Å². The molecule has 3 nitrogen and oxygen atoms in total. The molecule has 100 valence electrons. The highest BCUT2D eigenvalue weighted by Crippen LogP contribution is 2.24. The van der Waals surface area contributed by atoms with Gasteiger partial charge in [0.2, 0.25) is 0 Å². The van der Waals surface area contributed by atoms with Crippen LogP contribution in [-0.2, 0) is 0 Å². The zero-order chi connectivity index (χ0) is 12.8. The Hall–Kier alpha value is -1.06. The van der Waals surface area contributed by atoms with Crippen LogP contribution in [0.15, 0.2) is 24.3 Å². The Balaban J connectivity index is 1.88. The topological polar surface area (TPSA) is 33.3 Å². The maximum absolute atomic E-state index is 5.41. The SMILES string of the molecule is COc1ccccc1C(C)NCC1CCNCC1. The lowest BCUT2D eigenvalue weighted by atomic mass is 9.97. The summed E-state index contributed by atoms with van der Waals surface area (Å²) < 4.78 is 5.41. The van der Waals surface area contributed by atoms with Crippen molar-refractivity contribution in [3.63, 3.8) is 0 Å². The van der Waals surface area contributed by atoms with Crippen molar-refractivity contribution < 1.29 is 4.74 Å². The maximum Gasteiger partial charge on any atom is 0.123 e. The minimum absolute atomic E-state index is 0.344. The number of hydrogen-bond acceptors (Lipinski definition) is 3. The van der Waals surface area contributed by atoms with E-state index in [9.17, 15) is 0 Å². The van der Waals surface area contributed by atoms with Crippen molar-refractivity contribution in [2.45, 2.75) is 25.8 Å². The molecule has 0 aromatic heterocycles. The zero-order valence-corrected chi connectivity index (χ0v) is 11.4. The molecule has 3 heteroatoms. The predicted octanol–water partition coefficient (Wildman–Crippen LogP) is 2.35. The van der Waals surface area contributed by atoms with Crippen molar-refractivity contribution >= 4 is 0 Å². The van der Waals surface area contributed by atoms with Gasteiger partial charge in [-0.1, -0.05) is 18.2 Å². The Bertz CT molecular complexity index is 361. The van der Waals surface area contributed by atoms with Crippen molar-refractivity contribution in [3.05, 3.63) is 29.8 Å². The molecule has 2 rings (SSSR count). The molecule has 1 aliphatic rings. The van der Waals surface area contributed by atoms with Crippen molar-refractivity contribution in [2.75, 3.05) is 26.7 Å². The van der Waals surface area contributed by atoms with Crippen molar-refractivity contribution in [1.82, 2.24) is 10.6 Å². The van der Waals surface area contributed by atoms with Crippen LogP contribution in [-0.4, -0.2) is 26.7 Å². The van der Waals surface area contributed by atoms with Crippen LogP contribution in [0.4, 0.5) is 0 Å². The van der Waals surface area contributed by atoms with Crippen LogP contribution in [0.2, 0.25) is 0 Å². The monoisotopic (exact) mass is 248 g/mol. The Morgan fingerprint density at radius 1 is 1.33 bits per heavy atom. The third-order valence-corrected chi connectivity index (χ3v) is 3.78. The highest BCUT2D eigenvalue weighted by molar-refractivity contribution is 5.35. The first kappa shape index (κ1) is 13.4. The Kier molecular flexibility index (Phi) is 5.02. The van der Waals surface area contributed by atoms with Gasteiger partial charge in [-0.2, -0.15) is 0 Å². The maximum atomic E-state index is 5.41. The Morgan fingerprint density at radius 2 is 2.06 bits per heavy atom. The summed E-state index contributed by atoms with van der Waals surface area (Å²) in [5.74, 6) is 1.78. The number of methoxy groups -OCH3 is 1. The first-order chi connectivity index (χ1) is 8.81. The molecule has 1 atom stereocenters. The van der Waals surface area contributed by atoms with E-state index in [0.717, 1.165) is 31.3 Å². The van der Waals surface area contributed by atoms with E-state index in [1.807, 2.05) is 12.1 Å². The van der Waals surface area contributed by atoms with Gasteiger partial charge in [0.25, 0.3) is 0 Å². The molecule has 1 aromatic carbocycles. The van der Waals surface area contributed by atoms with Gasteiger partial charge in [-0.3, -0.25) is 0 Å². The first-order valence-corrected chi connectivity index (χ1v) is 6.88. The van der Waals surface area contributed by atoms with Crippen molar-refractivity contribution in [3.8, 4) is 5.75 Å². The summed E-state index contributed by atoms with van der Waals surface area (Å²) in [6.07, 6.45) is 2.57. The molecular formula is C15H24N2O. The van der Waals surface area contributed by atoms with Crippen molar-refractivity contribution in [1.29, 1.82) is 0 Å². The van der Waals surface area contributed by atoms with Gasteiger partial charge in [0.15, 0.2) is 0 Å². The van der Waals surface area contributed by atoms with E-state index in [2.05, 4.69) is 29.7 Å². The fourth-order valence-electron chi connectivity index (χ4n) is 2.56. The summed E-state index contributed by atoms with van der Waals surface area (Å²) in [6, 6.07) is 8.59. The molecule has 2 N–H and O–H groups in total. The Morgan fingerprint density at radius 3 is 2.78 bits per heavy atom. The molecule has 1 saturated heterocycles. The number of nitrogens with one attached hydrogen (secondary N) is 2. The fraction of sp³-hybridized carbons (Fsp3) is 0.600. The number of hydrogen-bond donors (Lipinski definition) is 2. The average molecular weight is 248 g/mol. The largest absolute Gasteiger partial charge is 0.496 e. The zero-order valence-electron chi connectivity index (χ0n) is 11.4. The average Bonchev–Trinajstić information content (AvgIpc) is 2.45. The molecule has 1 heterocycles. The summed E-state index contributed by atoms with van der Waals surface area (Å²) in [7, 11) is 1.73. The van der Waals surface area contributed by atoms with Gasteiger partial charge in [0.1, 0.15) is 5.75 Å². The number of benzene rings is 1. The third-order valence-electron chi connectivity index (χ3n) is 3.78. The van der Waals surface area contributed by atoms with E-state index in [1.165, 1.54) is 18.4 Å². The van der Waals surface area contributed by atoms with E-state index in [0.29, 0.717) is 6.04 Å². The minimum Gasteiger partial charge on any atom is -0.496 e. The lowest BCUT2D eigenvalue weighted by Crippen LogP contribution is -2.34. The smallest absolute Gasteiger partial charge is 0.123 e. The van der Waals surface area contributed by atoms with Crippen LogP contribution in [0.1, 0.15) is 31.4 Å². The second-order valence-electron chi connectivity index (χ2n) is 5.07. The highest BCUT2D eigenvalue weighted by atomic mass is 16.5. The van der Waals surface area contributed by atoms with Gasteiger partial charge in [-0.25, -0.2) is 0 Å². The lowest BCUT2D eigenvalue weighted by Gasteiger charge is -2.25. The minimum atomic E-state index is 0.344. The summed E-state index contributed by atoms with van der Waals surface area (Å²) >= 11 is 0. The van der Waals surface area contributed by atoms with Crippen molar-refractivity contribution in [2.24, 2.45) is 5.92 Å². The summed E-state index contributed by atoms with van der Waals surface area (Å²) in [5.41, 5.74) is 1.24. The second-order valence-corrected chi connectivity index (χ2v) is 5.07. The number of rotatable bonds is 5. The van der Waals surface area contributed by atoms with Crippen LogP contribution in [0.3, 0.4) is 0 Å². The lowest BCUT2D eigenvalue weighted by molar-refractivity contribution is 0.341. The molecule has 0 aliphatic carbocycles. The van der Waals surface area contributed by atoms with E-state index < -0.39 is 0 Å². The third kappa shape index (κ3) is 3.47. The summed E-state index contributed by atoms with van der Waals surface area (Å²) in [4.78, 5) is 0. The molecule has 1 aliphatic heterocycles. The molecule has 0 amide bonds. The standard InChI is InChI=1S/C15H24N2O/c1-12(14-5-3-4-6-15(14)18-2)17-11-13-7-9-16-10-8-13/h3-6,12-13,16-17H,7-11H2,1-2H3. The molecule has 0 saturated carbocycles. The van der Waals surface area contributed by atoms with E-state index in [-0.39, 0.29) is 0 Å². The number of piperidine rings is 1. The van der Waals surface area contributed by atoms with E-state index >= 15 is 0 Å².